The van der Waals surface area contributed by atoms with Crippen LogP contribution in [0.4, 0.5) is 0 Å². The van der Waals surface area contributed by atoms with Gasteiger partial charge in [0.2, 0.25) is 5.91 Å². The van der Waals surface area contributed by atoms with E-state index in [2.05, 4.69) is 22.3 Å². The number of ether oxygens (including phenoxy) is 1. The number of likely N-dealkylation sites (tertiary alicyclic amines) is 1. The summed E-state index contributed by atoms with van der Waals surface area (Å²) in [5.74, 6) is 1.20. The monoisotopic (exact) mass is 288 g/mol. The molecular formula is C17H24N2O2. The molecule has 2 fully saturated rings. The fourth-order valence-electron chi connectivity index (χ4n) is 3.57. The van der Waals surface area contributed by atoms with E-state index >= 15 is 0 Å². The van der Waals surface area contributed by atoms with Crippen molar-refractivity contribution in [1.82, 2.24) is 10.2 Å². The summed E-state index contributed by atoms with van der Waals surface area (Å²) in [5.41, 5.74) is 1.20. The number of methoxy groups -OCH3 is 1. The molecule has 0 saturated carbocycles. The summed E-state index contributed by atoms with van der Waals surface area (Å²) in [4.78, 5) is 14.6. The second-order valence-electron chi connectivity index (χ2n) is 6.27. The van der Waals surface area contributed by atoms with Crippen molar-refractivity contribution in [2.24, 2.45) is 5.41 Å². The summed E-state index contributed by atoms with van der Waals surface area (Å²) in [5, 5.41) is 3.05. The number of piperidine rings is 2. The Balaban J connectivity index is 1.59. The van der Waals surface area contributed by atoms with Crippen molar-refractivity contribution in [2.45, 2.75) is 32.2 Å². The van der Waals surface area contributed by atoms with Crippen LogP contribution in [0.25, 0.3) is 0 Å². The van der Waals surface area contributed by atoms with Gasteiger partial charge in [-0.1, -0.05) is 12.1 Å². The van der Waals surface area contributed by atoms with Crippen LogP contribution in [0.2, 0.25) is 0 Å². The Kier molecular flexibility index (Phi) is 4.15. The van der Waals surface area contributed by atoms with Crippen LogP contribution >= 0.6 is 0 Å². The Morgan fingerprint density at radius 1 is 1.29 bits per heavy atom. The van der Waals surface area contributed by atoms with Crippen molar-refractivity contribution >= 4 is 5.91 Å². The van der Waals surface area contributed by atoms with E-state index in [-0.39, 0.29) is 11.3 Å². The third-order valence-electron chi connectivity index (χ3n) is 4.95. The Bertz CT molecular complexity index is 507. The highest BCUT2D eigenvalue weighted by molar-refractivity contribution is 5.83. The lowest BCUT2D eigenvalue weighted by Crippen LogP contribution is -2.51. The van der Waals surface area contributed by atoms with Gasteiger partial charge in [-0.2, -0.15) is 0 Å². The zero-order valence-corrected chi connectivity index (χ0v) is 12.7. The highest BCUT2D eigenvalue weighted by atomic mass is 16.5. The molecule has 1 aromatic rings. The van der Waals surface area contributed by atoms with E-state index in [0.717, 1.165) is 57.6 Å². The fourth-order valence-corrected chi connectivity index (χ4v) is 3.57. The Morgan fingerprint density at radius 2 is 2.10 bits per heavy atom. The van der Waals surface area contributed by atoms with Crippen LogP contribution < -0.4 is 10.1 Å². The molecule has 2 saturated heterocycles. The van der Waals surface area contributed by atoms with Gasteiger partial charge in [0.25, 0.3) is 0 Å². The Hall–Kier alpha value is -1.55. The number of rotatable bonds is 3. The minimum absolute atomic E-state index is 0.0802. The van der Waals surface area contributed by atoms with Crippen LogP contribution in [-0.4, -0.2) is 37.6 Å². The quantitative estimate of drug-likeness (QED) is 0.927. The van der Waals surface area contributed by atoms with E-state index < -0.39 is 0 Å². The van der Waals surface area contributed by atoms with Crippen LogP contribution in [0, 0.1) is 5.41 Å². The largest absolute Gasteiger partial charge is 0.497 e. The van der Waals surface area contributed by atoms with E-state index in [4.69, 9.17) is 4.74 Å². The molecule has 0 aliphatic carbocycles. The van der Waals surface area contributed by atoms with Crippen molar-refractivity contribution in [3.63, 3.8) is 0 Å². The molecule has 1 amide bonds. The smallest absolute Gasteiger partial charge is 0.226 e. The van der Waals surface area contributed by atoms with E-state index in [9.17, 15) is 4.79 Å². The first-order valence-electron chi connectivity index (χ1n) is 7.85. The fraction of sp³-hybridized carbons (Fsp3) is 0.588. The molecule has 0 unspecified atom stereocenters. The molecule has 2 heterocycles. The molecule has 1 aromatic carbocycles. The average Bonchev–Trinajstić information content (AvgIpc) is 2.53. The predicted molar refractivity (Wildman–Crippen MR) is 82.2 cm³/mol. The van der Waals surface area contributed by atoms with Crippen LogP contribution in [0.1, 0.15) is 31.2 Å². The van der Waals surface area contributed by atoms with Gasteiger partial charge < -0.3 is 10.1 Å². The lowest BCUT2D eigenvalue weighted by atomic mass is 9.72. The van der Waals surface area contributed by atoms with Gasteiger partial charge in [0.1, 0.15) is 5.75 Å². The summed E-state index contributed by atoms with van der Waals surface area (Å²) in [6, 6.07) is 8.24. The van der Waals surface area contributed by atoms with Crippen molar-refractivity contribution in [1.29, 1.82) is 0 Å². The van der Waals surface area contributed by atoms with Gasteiger partial charge in [-0.05, 0) is 56.5 Å². The van der Waals surface area contributed by atoms with Crippen molar-refractivity contribution < 1.29 is 9.53 Å². The molecule has 4 heteroatoms. The van der Waals surface area contributed by atoms with Crippen LogP contribution in [-0.2, 0) is 11.3 Å². The van der Waals surface area contributed by atoms with E-state index in [1.54, 1.807) is 7.11 Å². The highest BCUT2D eigenvalue weighted by Gasteiger charge is 2.42. The first-order chi connectivity index (χ1) is 10.2. The zero-order chi connectivity index (χ0) is 14.7. The zero-order valence-electron chi connectivity index (χ0n) is 12.7. The van der Waals surface area contributed by atoms with Crippen LogP contribution in [0.5, 0.6) is 5.75 Å². The van der Waals surface area contributed by atoms with Gasteiger partial charge in [0.15, 0.2) is 0 Å². The normalized spacial score (nSPS) is 22.0. The molecule has 1 spiro atoms. The highest BCUT2D eigenvalue weighted by Crippen LogP contribution is 2.38. The van der Waals surface area contributed by atoms with Gasteiger partial charge in [0, 0.05) is 13.1 Å². The SMILES string of the molecule is COc1cccc(CN2CCC3(CCCNC3=O)CC2)c1. The number of benzene rings is 1. The number of carbonyl (C=O) groups is 1. The minimum Gasteiger partial charge on any atom is -0.497 e. The number of hydrogen-bond donors (Lipinski definition) is 1. The first kappa shape index (κ1) is 14.4. The summed E-state index contributed by atoms with van der Waals surface area (Å²) in [6.07, 6.45) is 4.17. The second-order valence-corrected chi connectivity index (χ2v) is 6.27. The first-order valence-corrected chi connectivity index (χ1v) is 7.85. The Morgan fingerprint density at radius 3 is 2.81 bits per heavy atom. The van der Waals surface area contributed by atoms with Gasteiger partial charge in [-0.15, -0.1) is 0 Å². The average molecular weight is 288 g/mol. The number of hydrogen-bond acceptors (Lipinski definition) is 3. The summed E-state index contributed by atoms with van der Waals surface area (Å²) < 4.78 is 5.28. The molecule has 4 nitrogen and oxygen atoms in total. The molecule has 0 aromatic heterocycles. The lowest BCUT2D eigenvalue weighted by Gasteiger charge is -2.42. The maximum atomic E-state index is 12.2. The molecule has 114 valence electrons. The molecule has 2 aliphatic rings. The second kappa shape index (κ2) is 6.06. The standard InChI is InChI=1S/C17H24N2O2/c1-21-15-5-2-4-14(12-15)13-19-10-7-17(8-11-19)6-3-9-18-16(17)20/h2,4-5,12H,3,6-11,13H2,1H3,(H,18,20). The van der Waals surface area contributed by atoms with Crippen molar-refractivity contribution in [3.8, 4) is 5.75 Å². The number of nitrogens with one attached hydrogen (secondary N) is 1. The summed E-state index contributed by atoms with van der Waals surface area (Å²) >= 11 is 0. The maximum Gasteiger partial charge on any atom is 0.226 e. The maximum absolute atomic E-state index is 12.2. The molecule has 3 rings (SSSR count). The molecule has 0 atom stereocenters. The number of carbonyl (C=O) groups excluding carboxylic acids is 1. The van der Waals surface area contributed by atoms with Crippen LogP contribution in [0.15, 0.2) is 24.3 Å². The number of nitrogens with zero attached hydrogens (tertiary/aromatic N) is 1. The molecule has 0 radical (unpaired) electrons. The van der Waals surface area contributed by atoms with Gasteiger partial charge in [-0.3, -0.25) is 9.69 Å². The molecule has 21 heavy (non-hydrogen) atoms. The summed E-state index contributed by atoms with van der Waals surface area (Å²) in [7, 11) is 1.70. The van der Waals surface area contributed by atoms with Crippen LogP contribution in [0.3, 0.4) is 0 Å². The topological polar surface area (TPSA) is 41.6 Å². The third kappa shape index (κ3) is 3.05. The minimum atomic E-state index is -0.0802. The van der Waals surface area contributed by atoms with Gasteiger partial charge in [-0.25, -0.2) is 0 Å². The molecular weight excluding hydrogens is 264 g/mol. The van der Waals surface area contributed by atoms with Gasteiger partial charge >= 0.3 is 0 Å². The van der Waals surface area contributed by atoms with Crippen molar-refractivity contribution in [3.05, 3.63) is 29.8 Å². The van der Waals surface area contributed by atoms with Crippen molar-refractivity contribution in [2.75, 3.05) is 26.7 Å². The Labute approximate surface area is 126 Å². The molecule has 1 N–H and O–H groups in total. The third-order valence-corrected chi connectivity index (χ3v) is 4.95. The lowest BCUT2D eigenvalue weighted by molar-refractivity contribution is -0.136. The molecule has 2 aliphatic heterocycles. The van der Waals surface area contributed by atoms with Gasteiger partial charge in [0.05, 0.1) is 12.5 Å². The molecule has 0 bridgehead atoms. The van der Waals surface area contributed by atoms with E-state index in [0.29, 0.717) is 0 Å². The summed E-state index contributed by atoms with van der Waals surface area (Å²) in [6.45, 7) is 3.80. The van der Waals surface area contributed by atoms with E-state index in [1.165, 1.54) is 5.56 Å². The predicted octanol–water partition coefficient (Wildman–Crippen LogP) is 2.19. The number of amides is 1. The van der Waals surface area contributed by atoms with E-state index in [1.807, 2.05) is 12.1 Å².